The third-order valence-corrected chi connectivity index (χ3v) is 6.02. The van der Waals surface area contributed by atoms with Gasteiger partial charge in [-0.15, -0.1) is 0 Å². The summed E-state index contributed by atoms with van der Waals surface area (Å²) in [7, 11) is -4.10. The molecule has 1 aromatic heterocycles. The summed E-state index contributed by atoms with van der Waals surface area (Å²) >= 11 is 5.75. The van der Waals surface area contributed by atoms with Crippen LogP contribution in [0.1, 0.15) is 24.9 Å². The number of hydrogen-bond acceptors (Lipinski definition) is 5. The van der Waals surface area contributed by atoms with Gasteiger partial charge in [-0.2, -0.15) is 0 Å². The van der Waals surface area contributed by atoms with Crippen molar-refractivity contribution in [1.29, 1.82) is 0 Å². The molecule has 0 saturated carbocycles. The Kier molecular flexibility index (Phi) is 5.48. The lowest BCUT2D eigenvalue weighted by atomic mass is 10.1. The van der Waals surface area contributed by atoms with Crippen molar-refractivity contribution in [3.63, 3.8) is 0 Å². The van der Waals surface area contributed by atoms with Gasteiger partial charge in [-0.3, -0.25) is 14.6 Å². The van der Waals surface area contributed by atoms with E-state index in [9.17, 15) is 18.0 Å². The lowest BCUT2D eigenvalue weighted by molar-refractivity contribution is -0.130. The minimum absolute atomic E-state index is 0.0354. The number of benzene rings is 1. The summed E-state index contributed by atoms with van der Waals surface area (Å²) in [5.74, 6) is -1.65. The molecule has 2 atom stereocenters. The fourth-order valence-corrected chi connectivity index (χ4v) is 4.28. The summed E-state index contributed by atoms with van der Waals surface area (Å²) in [4.78, 5) is 29.9. The molecule has 1 aliphatic rings. The van der Waals surface area contributed by atoms with Crippen molar-refractivity contribution in [3.8, 4) is 0 Å². The molecular weight excluding hydrogens is 390 g/mol. The molecule has 1 N–H and O–H groups in total. The molecule has 7 nitrogen and oxygen atoms in total. The van der Waals surface area contributed by atoms with Crippen LogP contribution in [0.3, 0.4) is 0 Å². The first kappa shape index (κ1) is 19.3. The average Bonchev–Trinajstić information content (AvgIpc) is 3.03. The Bertz CT molecular complexity index is 966. The number of halogens is 1. The normalized spacial score (nSPS) is 18.4. The van der Waals surface area contributed by atoms with Gasteiger partial charge in [0.05, 0.1) is 17.0 Å². The van der Waals surface area contributed by atoms with E-state index >= 15 is 0 Å². The summed E-state index contributed by atoms with van der Waals surface area (Å²) in [5.41, 5.74) is 0.949. The summed E-state index contributed by atoms with van der Waals surface area (Å²) < 4.78 is 26.7. The minimum atomic E-state index is -4.10. The molecular formula is C18H18ClN3O4S. The number of hydrogen-bond donors (Lipinski definition) is 1. The van der Waals surface area contributed by atoms with Gasteiger partial charge >= 0.3 is 0 Å². The van der Waals surface area contributed by atoms with E-state index in [2.05, 4.69) is 4.98 Å². The van der Waals surface area contributed by atoms with E-state index in [1.165, 1.54) is 12.3 Å². The van der Waals surface area contributed by atoms with Gasteiger partial charge in [-0.1, -0.05) is 41.9 Å². The maximum Gasteiger partial charge on any atom is 0.265 e. The Hall–Kier alpha value is -2.45. The molecule has 1 aromatic carbocycles. The van der Waals surface area contributed by atoms with E-state index < -0.39 is 21.8 Å². The third kappa shape index (κ3) is 4.28. The third-order valence-electron chi connectivity index (χ3n) is 4.50. The van der Waals surface area contributed by atoms with Crippen molar-refractivity contribution >= 4 is 33.4 Å². The minimum Gasteiger partial charge on any atom is -0.335 e. The predicted octanol–water partition coefficient (Wildman–Crippen LogP) is 2.15. The van der Waals surface area contributed by atoms with Crippen molar-refractivity contribution in [2.45, 2.75) is 24.3 Å². The standard InChI is InChI=1S/C18H18ClN3O4S/c1-12(13-5-3-2-4-6-13)22-11-14(7-17(22)23)18(24)21-27(25,26)16-8-15(19)9-20-10-16/h2-6,8-10,12,14H,7,11H2,1H3,(H,21,24). The van der Waals surface area contributed by atoms with E-state index in [-0.39, 0.29) is 34.8 Å². The quantitative estimate of drug-likeness (QED) is 0.819. The Balaban J connectivity index is 1.70. The van der Waals surface area contributed by atoms with Gasteiger partial charge in [0, 0.05) is 25.4 Å². The van der Waals surface area contributed by atoms with Gasteiger partial charge in [0.1, 0.15) is 4.90 Å². The number of carbonyl (C=O) groups excluding carboxylic acids is 2. The Morgan fingerprint density at radius 1 is 1.30 bits per heavy atom. The molecule has 142 valence electrons. The Morgan fingerprint density at radius 2 is 2.00 bits per heavy atom. The highest BCUT2D eigenvalue weighted by Crippen LogP contribution is 2.28. The largest absolute Gasteiger partial charge is 0.335 e. The van der Waals surface area contributed by atoms with Crippen LogP contribution in [0.5, 0.6) is 0 Å². The molecule has 9 heteroatoms. The first-order valence-electron chi connectivity index (χ1n) is 8.29. The first-order chi connectivity index (χ1) is 12.8. The van der Waals surface area contributed by atoms with Crippen molar-refractivity contribution in [1.82, 2.24) is 14.6 Å². The summed E-state index contributed by atoms with van der Waals surface area (Å²) in [6.07, 6.45) is 2.36. The first-order valence-corrected chi connectivity index (χ1v) is 10.2. The highest BCUT2D eigenvalue weighted by Gasteiger charge is 2.38. The second-order valence-corrected chi connectivity index (χ2v) is 8.46. The predicted molar refractivity (Wildman–Crippen MR) is 99.3 cm³/mol. The molecule has 0 radical (unpaired) electrons. The van der Waals surface area contributed by atoms with Crippen LogP contribution in [-0.2, 0) is 19.6 Å². The number of sulfonamides is 1. The summed E-state index contributed by atoms with van der Waals surface area (Å²) in [5, 5.41) is 0.143. The van der Waals surface area contributed by atoms with Crippen molar-refractivity contribution in [3.05, 3.63) is 59.4 Å². The van der Waals surface area contributed by atoms with Crippen molar-refractivity contribution < 1.29 is 18.0 Å². The van der Waals surface area contributed by atoms with E-state index in [0.29, 0.717) is 0 Å². The number of nitrogens with zero attached hydrogens (tertiary/aromatic N) is 2. The van der Waals surface area contributed by atoms with Gasteiger partial charge in [-0.25, -0.2) is 13.1 Å². The van der Waals surface area contributed by atoms with Gasteiger partial charge in [0.2, 0.25) is 11.8 Å². The Morgan fingerprint density at radius 3 is 2.67 bits per heavy atom. The van der Waals surface area contributed by atoms with Gasteiger partial charge < -0.3 is 4.90 Å². The zero-order valence-electron chi connectivity index (χ0n) is 14.5. The summed E-state index contributed by atoms with van der Waals surface area (Å²) in [6, 6.07) is 10.4. The molecule has 1 aliphatic heterocycles. The van der Waals surface area contributed by atoms with Crippen molar-refractivity contribution in [2.75, 3.05) is 6.54 Å². The van der Waals surface area contributed by atoms with Gasteiger partial charge in [0.15, 0.2) is 0 Å². The lowest BCUT2D eigenvalue weighted by Crippen LogP contribution is -2.37. The maximum absolute atomic E-state index is 12.4. The number of aromatic nitrogens is 1. The highest BCUT2D eigenvalue weighted by atomic mass is 35.5. The highest BCUT2D eigenvalue weighted by molar-refractivity contribution is 7.90. The summed E-state index contributed by atoms with van der Waals surface area (Å²) in [6.45, 7) is 2.03. The second-order valence-electron chi connectivity index (χ2n) is 6.34. The number of nitrogens with one attached hydrogen (secondary N) is 1. The molecule has 3 rings (SSSR count). The topological polar surface area (TPSA) is 96.4 Å². The number of amides is 2. The zero-order valence-corrected chi connectivity index (χ0v) is 16.1. The van der Waals surface area contributed by atoms with Crippen molar-refractivity contribution in [2.24, 2.45) is 5.92 Å². The number of pyridine rings is 1. The van der Waals surface area contributed by atoms with Crippen LogP contribution in [0.4, 0.5) is 0 Å². The number of rotatable bonds is 5. The SMILES string of the molecule is CC(c1ccccc1)N1CC(C(=O)NS(=O)(=O)c2cncc(Cl)c2)CC1=O. The molecule has 0 bridgehead atoms. The second kappa shape index (κ2) is 7.66. The molecule has 2 heterocycles. The molecule has 0 spiro atoms. The van der Waals surface area contributed by atoms with Crippen LogP contribution in [0.2, 0.25) is 5.02 Å². The fourth-order valence-electron chi connectivity index (χ4n) is 3.01. The fraction of sp³-hybridized carbons (Fsp3) is 0.278. The molecule has 2 unspecified atom stereocenters. The van der Waals surface area contributed by atoms with E-state index in [4.69, 9.17) is 11.6 Å². The van der Waals surface area contributed by atoms with Crippen LogP contribution < -0.4 is 4.72 Å². The zero-order chi connectivity index (χ0) is 19.6. The average molecular weight is 408 g/mol. The molecule has 2 aromatic rings. The van der Waals surface area contributed by atoms with Crippen LogP contribution >= 0.6 is 11.6 Å². The van der Waals surface area contributed by atoms with E-state index in [1.54, 1.807) is 4.90 Å². The molecule has 1 fully saturated rings. The van der Waals surface area contributed by atoms with E-state index in [1.807, 2.05) is 42.0 Å². The van der Waals surface area contributed by atoms with Gasteiger partial charge in [-0.05, 0) is 18.6 Å². The molecule has 2 amide bonds. The lowest BCUT2D eigenvalue weighted by Gasteiger charge is -2.25. The monoisotopic (exact) mass is 407 g/mol. The van der Waals surface area contributed by atoms with Crippen LogP contribution in [-0.4, -0.2) is 36.7 Å². The van der Waals surface area contributed by atoms with Crippen LogP contribution in [0.25, 0.3) is 0 Å². The van der Waals surface area contributed by atoms with Crippen LogP contribution in [0, 0.1) is 5.92 Å². The smallest absolute Gasteiger partial charge is 0.265 e. The number of carbonyl (C=O) groups is 2. The molecule has 1 saturated heterocycles. The number of likely N-dealkylation sites (tertiary alicyclic amines) is 1. The van der Waals surface area contributed by atoms with Crippen LogP contribution in [0.15, 0.2) is 53.7 Å². The van der Waals surface area contributed by atoms with E-state index in [0.717, 1.165) is 11.8 Å². The van der Waals surface area contributed by atoms with Gasteiger partial charge in [0.25, 0.3) is 10.0 Å². The Labute approximate surface area is 162 Å². The maximum atomic E-state index is 12.4. The molecule has 0 aliphatic carbocycles. The molecule has 27 heavy (non-hydrogen) atoms.